The van der Waals surface area contributed by atoms with Crippen molar-refractivity contribution in [1.29, 1.82) is 0 Å². The van der Waals surface area contributed by atoms with E-state index in [4.69, 9.17) is 4.52 Å². The molecule has 26 heavy (non-hydrogen) atoms. The van der Waals surface area contributed by atoms with E-state index >= 15 is 0 Å². The van der Waals surface area contributed by atoms with Gasteiger partial charge in [-0.2, -0.15) is 0 Å². The Balaban J connectivity index is 1.51. The molecular formula is C19H21N5O2. The fraction of sp³-hybridized carbons (Fsp3) is 0.368. The SMILES string of the molecule is O=C(NCC(c1cccnc1)N1CCCCC1)c1onc2ncccc12. The zero-order valence-electron chi connectivity index (χ0n) is 14.5. The molecule has 1 aliphatic heterocycles. The minimum Gasteiger partial charge on any atom is -0.348 e. The first-order valence-electron chi connectivity index (χ1n) is 8.95. The number of fused-ring (bicyclic) bond motifs is 1. The maximum Gasteiger partial charge on any atom is 0.290 e. The highest BCUT2D eigenvalue weighted by molar-refractivity contribution is 6.02. The normalized spacial score (nSPS) is 16.5. The Labute approximate surface area is 151 Å². The molecule has 0 aromatic carbocycles. The Hall–Kier alpha value is -2.80. The van der Waals surface area contributed by atoms with Crippen molar-refractivity contribution in [3.05, 3.63) is 54.2 Å². The smallest absolute Gasteiger partial charge is 0.290 e. The monoisotopic (exact) mass is 351 g/mol. The highest BCUT2D eigenvalue weighted by Crippen LogP contribution is 2.24. The highest BCUT2D eigenvalue weighted by Gasteiger charge is 2.24. The Morgan fingerprint density at radius 2 is 2.04 bits per heavy atom. The van der Waals surface area contributed by atoms with Gasteiger partial charge >= 0.3 is 0 Å². The minimum absolute atomic E-state index is 0.0975. The van der Waals surface area contributed by atoms with Gasteiger partial charge in [-0.3, -0.25) is 14.7 Å². The molecule has 1 fully saturated rings. The number of nitrogens with one attached hydrogen (secondary N) is 1. The van der Waals surface area contributed by atoms with E-state index in [2.05, 4.69) is 31.4 Å². The summed E-state index contributed by atoms with van der Waals surface area (Å²) in [6.45, 7) is 2.56. The third kappa shape index (κ3) is 3.43. The molecule has 0 spiro atoms. The van der Waals surface area contributed by atoms with E-state index in [9.17, 15) is 4.79 Å². The lowest BCUT2D eigenvalue weighted by atomic mass is 10.0. The van der Waals surface area contributed by atoms with Crippen LogP contribution in [0, 0.1) is 0 Å². The Morgan fingerprint density at radius 3 is 2.85 bits per heavy atom. The van der Waals surface area contributed by atoms with E-state index in [1.807, 2.05) is 12.3 Å². The molecule has 3 aromatic heterocycles. The molecule has 3 aromatic rings. The highest BCUT2D eigenvalue weighted by atomic mass is 16.5. The third-order valence-corrected chi connectivity index (χ3v) is 4.82. The molecule has 1 aliphatic rings. The molecule has 4 rings (SSSR count). The van der Waals surface area contributed by atoms with E-state index in [1.54, 1.807) is 24.5 Å². The van der Waals surface area contributed by atoms with E-state index < -0.39 is 0 Å². The summed E-state index contributed by atoms with van der Waals surface area (Å²) in [6.07, 6.45) is 8.90. The number of carbonyl (C=O) groups is 1. The van der Waals surface area contributed by atoms with Crippen LogP contribution in [0.3, 0.4) is 0 Å². The maximum absolute atomic E-state index is 12.6. The van der Waals surface area contributed by atoms with E-state index in [1.165, 1.54) is 19.3 Å². The van der Waals surface area contributed by atoms with Gasteiger partial charge in [0.25, 0.3) is 5.91 Å². The van der Waals surface area contributed by atoms with Gasteiger partial charge in [-0.25, -0.2) is 4.98 Å². The van der Waals surface area contributed by atoms with E-state index in [-0.39, 0.29) is 17.7 Å². The largest absolute Gasteiger partial charge is 0.348 e. The number of pyridine rings is 2. The molecule has 1 N–H and O–H groups in total. The average molecular weight is 351 g/mol. The van der Waals surface area contributed by atoms with Gasteiger partial charge in [0.1, 0.15) is 0 Å². The lowest BCUT2D eigenvalue weighted by Crippen LogP contribution is -2.40. The third-order valence-electron chi connectivity index (χ3n) is 4.82. The first-order valence-corrected chi connectivity index (χ1v) is 8.95. The second-order valence-corrected chi connectivity index (χ2v) is 6.50. The average Bonchev–Trinajstić information content (AvgIpc) is 3.14. The van der Waals surface area contributed by atoms with Crippen LogP contribution in [0.25, 0.3) is 11.0 Å². The van der Waals surface area contributed by atoms with Crippen LogP contribution < -0.4 is 5.32 Å². The van der Waals surface area contributed by atoms with Crippen LogP contribution in [0.2, 0.25) is 0 Å². The van der Waals surface area contributed by atoms with Crippen LogP contribution >= 0.6 is 0 Å². The van der Waals surface area contributed by atoms with Gasteiger partial charge in [-0.15, -0.1) is 0 Å². The first-order chi connectivity index (χ1) is 12.8. The lowest BCUT2D eigenvalue weighted by molar-refractivity contribution is 0.0890. The summed E-state index contributed by atoms with van der Waals surface area (Å²) >= 11 is 0. The summed E-state index contributed by atoms with van der Waals surface area (Å²) in [7, 11) is 0. The lowest BCUT2D eigenvalue weighted by Gasteiger charge is -2.34. The molecule has 0 bridgehead atoms. The summed E-state index contributed by atoms with van der Waals surface area (Å²) in [6, 6.07) is 7.65. The molecule has 1 saturated heterocycles. The van der Waals surface area contributed by atoms with Gasteiger partial charge < -0.3 is 9.84 Å². The van der Waals surface area contributed by atoms with Crippen LogP contribution in [0.4, 0.5) is 0 Å². The van der Waals surface area contributed by atoms with Crippen LogP contribution in [-0.4, -0.2) is 45.6 Å². The van der Waals surface area contributed by atoms with Gasteiger partial charge in [0, 0.05) is 25.1 Å². The van der Waals surface area contributed by atoms with Gasteiger partial charge in [-0.05, 0) is 49.7 Å². The van der Waals surface area contributed by atoms with Crippen LogP contribution in [-0.2, 0) is 0 Å². The number of amides is 1. The number of likely N-dealkylation sites (tertiary alicyclic amines) is 1. The second kappa shape index (κ2) is 7.61. The molecule has 1 atom stereocenters. The topological polar surface area (TPSA) is 84.2 Å². The number of carbonyl (C=O) groups excluding carboxylic acids is 1. The summed E-state index contributed by atoms with van der Waals surface area (Å²) in [5.74, 6) is -0.0666. The number of hydrogen-bond donors (Lipinski definition) is 1. The molecule has 1 amide bonds. The minimum atomic E-state index is -0.272. The Kier molecular flexibility index (Phi) is 4.88. The standard InChI is InChI=1S/C19H21N5O2/c25-19(17-15-7-5-9-21-18(15)23-26-17)22-13-16(14-6-4-8-20-12-14)24-10-2-1-3-11-24/h4-9,12,16H,1-3,10-11,13H2,(H,22,25). The quantitative estimate of drug-likeness (QED) is 0.760. The van der Waals surface area contributed by atoms with Crippen molar-refractivity contribution >= 4 is 16.9 Å². The molecule has 7 nitrogen and oxygen atoms in total. The van der Waals surface area contributed by atoms with Crippen LogP contribution in [0.1, 0.15) is 41.4 Å². The molecule has 0 saturated carbocycles. The van der Waals surface area contributed by atoms with Crippen molar-refractivity contribution in [2.24, 2.45) is 0 Å². The van der Waals surface area contributed by atoms with Crippen LogP contribution in [0.15, 0.2) is 47.4 Å². The number of hydrogen-bond acceptors (Lipinski definition) is 6. The summed E-state index contributed by atoms with van der Waals surface area (Å²) in [4.78, 5) is 23.4. The Bertz CT molecular complexity index is 874. The Morgan fingerprint density at radius 1 is 1.19 bits per heavy atom. The molecule has 7 heteroatoms. The second-order valence-electron chi connectivity index (χ2n) is 6.50. The van der Waals surface area contributed by atoms with E-state index in [0.29, 0.717) is 17.6 Å². The summed E-state index contributed by atoms with van der Waals surface area (Å²) in [5.41, 5.74) is 1.55. The van der Waals surface area contributed by atoms with Crippen LogP contribution in [0.5, 0.6) is 0 Å². The number of nitrogens with zero attached hydrogens (tertiary/aromatic N) is 4. The van der Waals surface area contributed by atoms with Crippen molar-refractivity contribution in [1.82, 2.24) is 25.3 Å². The number of aromatic nitrogens is 3. The number of rotatable bonds is 5. The van der Waals surface area contributed by atoms with Gasteiger partial charge in [0.2, 0.25) is 11.4 Å². The van der Waals surface area contributed by atoms with Crippen molar-refractivity contribution in [2.45, 2.75) is 25.3 Å². The summed E-state index contributed by atoms with van der Waals surface area (Å²) < 4.78 is 5.21. The fourth-order valence-corrected chi connectivity index (χ4v) is 3.48. The fourth-order valence-electron chi connectivity index (χ4n) is 3.48. The maximum atomic E-state index is 12.6. The molecule has 0 aliphatic carbocycles. The zero-order chi connectivity index (χ0) is 17.8. The van der Waals surface area contributed by atoms with Gasteiger partial charge in [0.05, 0.1) is 11.4 Å². The molecule has 1 unspecified atom stereocenters. The number of piperidine rings is 1. The van der Waals surface area contributed by atoms with Gasteiger partial charge in [-0.1, -0.05) is 17.6 Å². The predicted molar refractivity (Wildman–Crippen MR) is 96.5 cm³/mol. The van der Waals surface area contributed by atoms with Crippen molar-refractivity contribution in [3.63, 3.8) is 0 Å². The van der Waals surface area contributed by atoms with Crippen molar-refractivity contribution < 1.29 is 9.32 Å². The predicted octanol–water partition coefficient (Wildman–Crippen LogP) is 2.57. The molecule has 134 valence electrons. The van der Waals surface area contributed by atoms with Crippen molar-refractivity contribution in [2.75, 3.05) is 19.6 Å². The molecular weight excluding hydrogens is 330 g/mol. The molecule has 0 radical (unpaired) electrons. The van der Waals surface area contributed by atoms with E-state index in [0.717, 1.165) is 18.7 Å². The summed E-state index contributed by atoms with van der Waals surface area (Å²) in [5, 5.41) is 7.48. The molecule has 4 heterocycles. The first kappa shape index (κ1) is 16.7. The van der Waals surface area contributed by atoms with Crippen molar-refractivity contribution in [3.8, 4) is 0 Å². The zero-order valence-corrected chi connectivity index (χ0v) is 14.5. The van der Waals surface area contributed by atoms with Gasteiger partial charge in [0.15, 0.2) is 0 Å².